The van der Waals surface area contributed by atoms with Gasteiger partial charge in [0.1, 0.15) is 0 Å². The van der Waals surface area contributed by atoms with E-state index in [2.05, 4.69) is 29.3 Å². The van der Waals surface area contributed by atoms with Gasteiger partial charge in [-0.05, 0) is 44.0 Å². The zero-order valence-corrected chi connectivity index (χ0v) is 13.9. The molecule has 1 aromatic rings. The maximum Gasteiger partial charge on any atom is 0.0595 e. The highest BCUT2D eigenvalue weighted by atomic mass is 35.5. The molecule has 0 aliphatic carbocycles. The Labute approximate surface area is 133 Å². The number of likely N-dealkylation sites (tertiary alicyclic amines) is 1. The molecule has 1 fully saturated rings. The lowest BCUT2D eigenvalue weighted by molar-refractivity contribution is 0.0401. The molecule has 0 bridgehead atoms. The van der Waals surface area contributed by atoms with Crippen LogP contribution in [0, 0.1) is 0 Å². The van der Waals surface area contributed by atoms with Crippen molar-refractivity contribution in [3.63, 3.8) is 0 Å². The van der Waals surface area contributed by atoms with Gasteiger partial charge in [-0.15, -0.1) is 0 Å². The van der Waals surface area contributed by atoms with Gasteiger partial charge >= 0.3 is 0 Å². The first kappa shape index (κ1) is 16.8. The molecule has 1 aliphatic heterocycles. The summed E-state index contributed by atoms with van der Waals surface area (Å²) in [4.78, 5) is 2.54. The van der Waals surface area contributed by atoms with E-state index in [0.29, 0.717) is 12.1 Å². The number of nitrogens with zero attached hydrogens (tertiary/aromatic N) is 1. The van der Waals surface area contributed by atoms with Crippen molar-refractivity contribution in [1.29, 1.82) is 0 Å². The first-order valence-electron chi connectivity index (χ1n) is 7.97. The third kappa shape index (κ3) is 4.96. The largest absolute Gasteiger partial charge is 0.381 e. The molecule has 0 saturated carbocycles. The summed E-state index contributed by atoms with van der Waals surface area (Å²) in [7, 11) is 1.82. The van der Waals surface area contributed by atoms with Crippen LogP contribution in [0.3, 0.4) is 0 Å². The smallest absolute Gasteiger partial charge is 0.0595 e. The van der Waals surface area contributed by atoms with E-state index in [0.717, 1.165) is 50.5 Å². The highest BCUT2D eigenvalue weighted by molar-refractivity contribution is 6.31. The molecule has 0 aromatic heterocycles. The fraction of sp³-hybridized carbons (Fsp3) is 0.647. The van der Waals surface area contributed by atoms with Crippen LogP contribution in [0.1, 0.15) is 37.8 Å². The molecular weight excluding hydrogens is 284 g/mol. The second-order valence-electron chi connectivity index (χ2n) is 5.70. The van der Waals surface area contributed by atoms with E-state index < -0.39 is 0 Å². The molecule has 2 rings (SSSR count). The summed E-state index contributed by atoms with van der Waals surface area (Å²) in [5.74, 6) is 0. The second-order valence-corrected chi connectivity index (χ2v) is 6.10. The van der Waals surface area contributed by atoms with Crippen molar-refractivity contribution in [3.05, 3.63) is 34.9 Å². The number of piperidine rings is 1. The van der Waals surface area contributed by atoms with E-state index in [-0.39, 0.29) is 0 Å². The van der Waals surface area contributed by atoms with Crippen LogP contribution >= 0.6 is 11.6 Å². The van der Waals surface area contributed by atoms with Gasteiger partial charge in [-0.3, -0.25) is 0 Å². The standard InChI is InChI=1S/C17H27ClN2O/c1-3-19-17(15-6-4-5-7-16(15)18)10-13-20-11-8-14(21-2)9-12-20/h4-7,14,17,19H,3,8-13H2,1-2H3. The second kappa shape index (κ2) is 8.74. The van der Waals surface area contributed by atoms with Crippen LogP contribution in [0.5, 0.6) is 0 Å². The molecule has 21 heavy (non-hydrogen) atoms. The molecule has 1 atom stereocenters. The molecule has 1 aromatic carbocycles. The van der Waals surface area contributed by atoms with Crippen LogP contribution in [0.25, 0.3) is 0 Å². The summed E-state index contributed by atoms with van der Waals surface area (Å²) in [6, 6.07) is 8.50. The first-order valence-corrected chi connectivity index (χ1v) is 8.35. The quantitative estimate of drug-likeness (QED) is 0.834. The fourth-order valence-corrected chi connectivity index (χ4v) is 3.32. The van der Waals surface area contributed by atoms with Crippen molar-refractivity contribution in [2.45, 2.75) is 38.3 Å². The highest BCUT2D eigenvalue weighted by Crippen LogP contribution is 2.25. The average molecular weight is 311 g/mol. The molecule has 3 nitrogen and oxygen atoms in total. The van der Waals surface area contributed by atoms with Gasteiger partial charge in [-0.2, -0.15) is 0 Å². The topological polar surface area (TPSA) is 24.5 Å². The predicted octanol–water partition coefficient (Wildman–Crippen LogP) is 3.49. The lowest BCUT2D eigenvalue weighted by atomic mass is 10.0. The van der Waals surface area contributed by atoms with Crippen LogP contribution in [0.2, 0.25) is 5.02 Å². The first-order chi connectivity index (χ1) is 10.2. The van der Waals surface area contributed by atoms with Crippen molar-refractivity contribution in [1.82, 2.24) is 10.2 Å². The number of nitrogens with one attached hydrogen (secondary N) is 1. The molecule has 1 saturated heterocycles. The van der Waals surface area contributed by atoms with Gasteiger partial charge in [-0.1, -0.05) is 36.7 Å². The van der Waals surface area contributed by atoms with Crippen molar-refractivity contribution >= 4 is 11.6 Å². The molecule has 1 unspecified atom stereocenters. The van der Waals surface area contributed by atoms with E-state index in [1.54, 1.807) is 0 Å². The summed E-state index contributed by atoms with van der Waals surface area (Å²) < 4.78 is 5.43. The predicted molar refractivity (Wildman–Crippen MR) is 89.0 cm³/mol. The number of ether oxygens (including phenoxy) is 1. The van der Waals surface area contributed by atoms with Crippen LogP contribution in [-0.2, 0) is 4.74 Å². The van der Waals surface area contributed by atoms with Crippen molar-refractivity contribution in [2.24, 2.45) is 0 Å². The Morgan fingerprint density at radius 3 is 2.67 bits per heavy atom. The monoisotopic (exact) mass is 310 g/mol. The Morgan fingerprint density at radius 2 is 2.05 bits per heavy atom. The van der Waals surface area contributed by atoms with Gasteiger partial charge in [0.15, 0.2) is 0 Å². The zero-order valence-electron chi connectivity index (χ0n) is 13.1. The lowest BCUT2D eigenvalue weighted by Gasteiger charge is -2.32. The van der Waals surface area contributed by atoms with Crippen molar-refractivity contribution in [3.8, 4) is 0 Å². The third-order valence-corrected chi connectivity index (χ3v) is 4.68. The number of hydrogen-bond acceptors (Lipinski definition) is 3. The van der Waals surface area contributed by atoms with Crippen LogP contribution in [0.15, 0.2) is 24.3 Å². The minimum atomic E-state index is 0.337. The molecule has 1 N–H and O–H groups in total. The maximum absolute atomic E-state index is 6.34. The third-order valence-electron chi connectivity index (χ3n) is 4.33. The molecule has 0 amide bonds. The van der Waals surface area contributed by atoms with E-state index in [4.69, 9.17) is 16.3 Å². The zero-order chi connectivity index (χ0) is 15.1. The van der Waals surface area contributed by atoms with Gasteiger partial charge in [0.05, 0.1) is 6.10 Å². The summed E-state index contributed by atoms with van der Waals surface area (Å²) in [5, 5.41) is 4.43. The molecular formula is C17H27ClN2O. The number of halogens is 1. The molecule has 0 radical (unpaired) electrons. The average Bonchev–Trinajstić information content (AvgIpc) is 2.53. The van der Waals surface area contributed by atoms with Gasteiger partial charge in [0.2, 0.25) is 0 Å². The van der Waals surface area contributed by atoms with Crippen molar-refractivity contribution in [2.75, 3.05) is 33.3 Å². The highest BCUT2D eigenvalue weighted by Gasteiger charge is 2.20. The molecule has 118 valence electrons. The fourth-order valence-electron chi connectivity index (χ4n) is 3.05. The summed E-state index contributed by atoms with van der Waals surface area (Å²) >= 11 is 6.34. The number of rotatable bonds is 7. The van der Waals surface area contributed by atoms with E-state index in [1.165, 1.54) is 5.56 Å². The van der Waals surface area contributed by atoms with E-state index in [9.17, 15) is 0 Å². The molecule has 0 spiro atoms. The van der Waals surface area contributed by atoms with Crippen molar-refractivity contribution < 1.29 is 4.74 Å². The Hall–Kier alpha value is -0.610. The summed E-state index contributed by atoms with van der Waals surface area (Å²) in [6.45, 7) is 6.49. The SMILES string of the molecule is CCNC(CCN1CCC(OC)CC1)c1ccccc1Cl. The van der Waals surface area contributed by atoms with Crippen LogP contribution in [-0.4, -0.2) is 44.3 Å². The summed E-state index contributed by atoms with van der Waals surface area (Å²) in [6.07, 6.45) is 3.84. The number of methoxy groups -OCH3 is 1. The van der Waals surface area contributed by atoms with E-state index in [1.807, 2.05) is 19.2 Å². The van der Waals surface area contributed by atoms with Gasteiger partial charge < -0.3 is 15.0 Å². The molecule has 1 heterocycles. The minimum Gasteiger partial charge on any atom is -0.381 e. The summed E-state index contributed by atoms with van der Waals surface area (Å²) in [5.41, 5.74) is 1.22. The molecule has 1 aliphatic rings. The Bertz CT molecular complexity index is 419. The van der Waals surface area contributed by atoms with E-state index >= 15 is 0 Å². The number of hydrogen-bond donors (Lipinski definition) is 1. The normalized spacial score (nSPS) is 18.8. The van der Waals surface area contributed by atoms with Crippen LogP contribution in [0.4, 0.5) is 0 Å². The Morgan fingerprint density at radius 1 is 1.33 bits per heavy atom. The Balaban J connectivity index is 1.88. The lowest BCUT2D eigenvalue weighted by Crippen LogP contribution is -2.38. The molecule has 4 heteroatoms. The van der Waals surface area contributed by atoms with Gasteiger partial charge in [0.25, 0.3) is 0 Å². The Kier molecular flexibility index (Phi) is 6.97. The maximum atomic E-state index is 6.34. The number of benzene rings is 1. The van der Waals surface area contributed by atoms with Crippen LogP contribution < -0.4 is 5.32 Å². The minimum absolute atomic E-state index is 0.337. The van der Waals surface area contributed by atoms with Gasteiger partial charge in [0, 0.05) is 31.3 Å². The van der Waals surface area contributed by atoms with Gasteiger partial charge in [-0.25, -0.2) is 0 Å².